The predicted molar refractivity (Wildman–Crippen MR) is 104 cm³/mol. The van der Waals surface area contributed by atoms with E-state index in [1.54, 1.807) is 7.11 Å². The van der Waals surface area contributed by atoms with Crippen molar-refractivity contribution in [3.05, 3.63) is 70.7 Å². The van der Waals surface area contributed by atoms with E-state index in [0.717, 1.165) is 38.4 Å². The van der Waals surface area contributed by atoms with Gasteiger partial charge >= 0.3 is 0 Å². The van der Waals surface area contributed by atoms with Crippen molar-refractivity contribution in [2.24, 2.45) is 0 Å². The van der Waals surface area contributed by atoms with E-state index in [1.165, 1.54) is 0 Å². The molecule has 0 radical (unpaired) electrons. The van der Waals surface area contributed by atoms with Gasteiger partial charge in [-0.2, -0.15) is 0 Å². The van der Waals surface area contributed by atoms with Crippen molar-refractivity contribution in [1.82, 2.24) is 0 Å². The number of anilines is 3. The van der Waals surface area contributed by atoms with Crippen LogP contribution in [0.25, 0.3) is 11.1 Å². The number of hydrogen-bond donors (Lipinski definition) is 2. The molecule has 4 rings (SSSR count). The van der Waals surface area contributed by atoms with Crippen molar-refractivity contribution >= 4 is 38.9 Å². The molecule has 0 atom stereocenters. The van der Waals surface area contributed by atoms with Crippen LogP contribution in [-0.2, 0) is 0 Å². The summed E-state index contributed by atoms with van der Waals surface area (Å²) >= 11 is 3.47. The first-order valence-electron chi connectivity index (χ1n) is 7.81. The fraction of sp³-hybridized carbons (Fsp3) is 0.0500. The molecule has 1 amide bonds. The number of ether oxygens (including phenoxy) is 1. The smallest absolute Gasteiger partial charge is 0.257 e. The Balaban J connectivity index is 1.80. The highest BCUT2D eigenvalue weighted by molar-refractivity contribution is 9.10. The molecule has 0 saturated carbocycles. The van der Waals surface area contributed by atoms with E-state index < -0.39 is 0 Å². The molecule has 3 aromatic carbocycles. The van der Waals surface area contributed by atoms with Crippen LogP contribution < -0.4 is 15.4 Å². The molecule has 25 heavy (non-hydrogen) atoms. The monoisotopic (exact) mass is 394 g/mol. The van der Waals surface area contributed by atoms with E-state index in [9.17, 15) is 4.79 Å². The van der Waals surface area contributed by atoms with Crippen LogP contribution in [-0.4, -0.2) is 13.0 Å². The van der Waals surface area contributed by atoms with Crippen LogP contribution in [0.4, 0.5) is 17.1 Å². The lowest BCUT2D eigenvalue weighted by molar-refractivity contribution is 0.102. The topological polar surface area (TPSA) is 50.4 Å². The Hall–Kier alpha value is -2.79. The van der Waals surface area contributed by atoms with Crippen molar-refractivity contribution in [1.29, 1.82) is 0 Å². The molecule has 0 unspecified atom stereocenters. The second-order valence-electron chi connectivity index (χ2n) is 5.73. The highest BCUT2D eigenvalue weighted by Gasteiger charge is 2.19. The number of carbonyl (C=O) groups is 1. The predicted octanol–water partition coefficient (Wildman–Crippen LogP) is 5.43. The molecule has 2 N–H and O–H groups in total. The minimum atomic E-state index is -0.118. The molecule has 0 spiro atoms. The summed E-state index contributed by atoms with van der Waals surface area (Å²) in [6, 6.07) is 19.4. The molecule has 5 heteroatoms. The van der Waals surface area contributed by atoms with Crippen molar-refractivity contribution < 1.29 is 9.53 Å². The maximum absolute atomic E-state index is 12.5. The molecule has 0 fully saturated rings. The van der Waals surface area contributed by atoms with E-state index in [2.05, 4.69) is 26.6 Å². The van der Waals surface area contributed by atoms with Gasteiger partial charge in [0.15, 0.2) is 0 Å². The Morgan fingerprint density at radius 1 is 0.840 bits per heavy atom. The third-order valence-electron chi connectivity index (χ3n) is 4.19. The van der Waals surface area contributed by atoms with Gasteiger partial charge in [-0.15, -0.1) is 0 Å². The number of halogens is 1. The first-order chi connectivity index (χ1) is 12.2. The van der Waals surface area contributed by atoms with Gasteiger partial charge in [-0.1, -0.05) is 24.3 Å². The van der Waals surface area contributed by atoms with E-state index in [1.807, 2.05) is 60.7 Å². The first-order valence-corrected chi connectivity index (χ1v) is 8.60. The molecule has 1 aliphatic rings. The van der Waals surface area contributed by atoms with Gasteiger partial charge in [0.25, 0.3) is 5.91 Å². The molecule has 0 aliphatic carbocycles. The lowest BCUT2D eigenvalue weighted by Gasteiger charge is -2.11. The number of carbonyl (C=O) groups excluding carboxylic acids is 1. The third kappa shape index (κ3) is 2.87. The van der Waals surface area contributed by atoms with Crippen LogP contribution in [0.5, 0.6) is 5.75 Å². The summed E-state index contributed by atoms with van der Waals surface area (Å²) < 4.78 is 6.28. The molecular formula is C20H15BrN2O2. The first kappa shape index (κ1) is 15.7. The van der Waals surface area contributed by atoms with Gasteiger partial charge in [-0.05, 0) is 63.5 Å². The van der Waals surface area contributed by atoms with Gasteiger partial charge in [-0.3, -0.25) is 4.79 Å². The average Bonchev–Trinajstić information content (AvgIpc) is 2.77. The van der Waals surface area contributed by atoms with Crippen molar-refractivity contribution in [3.63, 3.8) is 0 Å². The van der Waals surface area contributed by atoms with Crippen molar-refractivity contribution in [3.8, 4) is 16.9 Å². The molecular weight excluding hydrogens is 380 g/mol. The third-order valence-corrected chi connectivity index (χ3v) is 4.85. The van der Waals surface area contributed by atoms with E-state index in [4.69, 9.17) is 4.74 Å². The van der Waals surface area contributed by atoms with Gasteiger partial charge in [0.1, 0.15) is 5.75 Å². The minimum Gasteiger partial charge on any atom is -0.496 e. The fourth-order valence-electron chi connectivity index (χ4n) is 2.90. The molecule has 3 aromatic rings. The Morgan fingerprint density at radius 3 is 2.28 bits per heavy atom. The maximum atomic E-state index is 12.5. The number of rotatable bonds is 2. The lowest BCUT2D eigenvalue weighted by atomic mass is 10.0. The minimum absolute atomic E-state index is 0.118. The average molecular weight is 395 g/mol. The summed E-state index contributed by atoms with van der Waals surface area (Å²) in [6.07, 6.45) is 0. The zero-order valence-electron chi connectivity index (χ0n) is 13.5. The normalized spacial score (nSPS) is 12.3. The summed E-state index contributed by atoms with van der Waals surface area (Å²) in [4.78, 5) is 12.5. The van der Waals surface area contributed by atoms with Gasteiger partial charge in [0, 0.05) is 0 Å². The van der Waals surface area contributed by atoms with Crippen LogP contribution >= 0.6 is 15.9 Å². The standard InChI is InChI=1S/C20H15BrN2O2/c1-25-19-11-13(7-9-15(19)21)12-6-8-14-18(10-12)22-16-4-2-3-5-17(16)23-20(14)24/h2-11,22H,1H3,(H,23,24). The molecule has 1 heterocycles. The van der Waals surface area contributed by atoms with Gasteiger partial charge in [0.2, 0.25) is 0 Å². The van der Waals surface area contributed by atoms with Crippen LogP contribution in [0, 0.1) is 0 Å². The van der Waals surface area contributed by atoms with E-state index >= 15 is 0 Å². The molecule has 0 bridgehead atoms. The Morgan fingerprint density at radius 2 is 1.52 bits per heavy atom. The second-order valence-corrected chi connectivity index (χ2v) is 6.59. The summed E-state index contributed by atoms with van der Waals surface area (Å²) in [7, 11) is 1.64. The Labute approximate surface area is 154 Å². The van der Waals surface area contributed by atoms with Gasteiger partial charge in [0.05, 0.1) is 34.2 Å². The highest BCUT2D eigenvalue weighted by Crippen LogP contribution is 2.36. The zero-order valence-corrected chi connectivity index (χ0v) is 15.1. The number of methoxy groups -OCH3 is 1. The fourth-order valence-corrected chi connectivity index (χ4v) is 3.31. The quantitative estimate of drug-likeness (QED) is 0.608. The summed E-state index contributed by atoms with van der Waals surface area (Å²) in [5.74, 6) is 0.649. The molecule has 4 nitrogen and oxygen atoms in total. The van der Waals surface area contributed by atoms with Crippen LogP contribution in [0.15, 0.2) is 65.1 Å². The van der Waals surface area contributed by atoms with Crippen molar-refractivity contribution in [2.45, 2.75) is 0 Å². The van der Waals surface area contributed by atoms with E-state index in [0.29, 0.717) is 5.56 Å². The summed E-state index contributed by atoms with van der Waals surface area (Å²) in [5.41, 5.74) is 5.06. The SMILES string of the molecule is COc1cc(-c2ccc3c(c2)Nc2ccccc2NC3=O)ccc1Br. The van der Waals surface area contributed by atoms with E-state index in [-0.39, 0.29) is 5.91 Å². The largest absolute Gasteiger partial charge is 0.496 e. The van der Waals surface area contributed by atoms with Crippen molar-refractivity contribution in [2.75, 3.05) is 17.7 Å². The second kappa shape index (κ2) is 6.26. The molecule has 124 valence electrons. The number of amides is 1. The number of benzene rings is 3. The molecule has 0 aromatic heterocycles. The Bertz CT molecular complexity index is 985. The highest BCUT2D eigenvalue weighted by atomic mass is 79.9. The number of fused-ring (bicyclic) bond motifs is 2. The van der Waals surface area contributed by atoms with Gasteiger partial charge < -0.3 is 15.4 Å². The van der Waals surface area contributed by atoms with Crippen LogP contribution in [0.1, 0.15) is 10.4 Å². The number of nitrogens with one attached hydrogen (secondary N) is 2. The molecule has 1 aliphatic heterocycles. The lowest BCUT2D eigenvalue weighted by Crippen LogP contribution is -2.10. The summed E-state index contributed by atoms with van der Waals surface area (Å²) in [5, 5.41) is 6.30. The Kier molecular flexibility index (Phi) is 3.93. The van der Waals surface area contributed by atoms with Crippen LogP contribution in [0.2, 0.25) is 0 Å². The number of para-hydroxylation sites is 2. The molecule has 0 saturated heterocycles. The van der Waals surface area contributed by atoms with Gasteiger partial charge in [-0.25, -0.2) is 0 Å². The number of hydrogen-bond acceptors (Lipinski definition) is 3. The summed E-state index contributed by atoms with van der Waals surface area (Å²) in [6.45, 7) is 0. The maximum Gasteiger partial charge on any atom is 0.257 e. The zero-order chi connectivity index (χ0) is 17.4. The van der Waals surface area contributed by atoms with Crippen LogP contribution in [0.3, 0.4) is 0 Å².